The van der Waals surface area contributed by atoms with Gasteiger partial charge < -0.3 is 20.9 Å². The summed E-state index contributed by atoms with van der Waals surface area (Å²) in [6.45, 7) is 5.09. The molecular formula is C41H50F3N13O3. The predicted molar refractivity (Wildman–Crippen MR) is 218 cm³/mol. The van der Waals surface area contributed by atoms with E-state index >= 15 is 0 Å². The van der Waals surface area contributed by atoms with Crippen molar-refractivity contribution in [1.82, 2.24) is 44.4 Å². The molecule has 3 aliphatic heterocycles. The highest BCUT2D eigenvalue weighted by Gasteiger charge is 2.34. The Hall–Kier alpha value is -5.56. The first-order chi connectivity index (χ1) is 29.0. The molecule has 9 rings (SSSR count). The Morgan fingerprint density at radius 3 is 2.57 bits per heavy atom. The van der Waals surface area contributed by atoms with Gasteiger partial charge in [-0.3, -0.25) is 34.0 Å². The normalized spacial score (nSPS) is 24.5. The number of alkyl halides is 3. The SMILES string of the molecule is Cn1nc(C2CCC(=O)NC2=O)c2cccc(N3CCN(CCC4CCC(n5cc(NC(=O)c6cnn7ccc(N8C[C@H](N)C[C@@H](F)C8)nc67)c(C(F)F)n5)CC4)CC3)c21. The summed E-state index contributed by atoms with van der Waals surface area (Å²) in [5, 5.41) is 19.3. The van der Waals surface area contributed by atoms with Crippen LogP contribution in [0, 0.1) is 5.92 Å². The third kappa shape index (κ3) is 7.91. The van der Waals surface area contributed by atoms with E-state index in [1.54, 1.807) is 21.8 Å². The number of amides is 3. The fraction of sp³-hybridized carbons (Fsp3) is 0.537. The van der Waals surface area contributed by atoms with Crippen molar-refractivity contribution in [1.29, 1.82) is 0 Å². The standard InChI is InChI=1S/C41H50F3N13O3/c1-52-37-28(35(50-52)29-9-10-34(58)49-40(29)59)3-2-4-32(37)54-17-15-53(16-18-54)13-11-24-5-7-27(8-6-24)57-23-31(36(51-57)38(43)44)47-41(60)30-20-46-56-14-12-33(48-39(30)56)55-21-25(42)19-26(45)22-55/h2-4,12,14,20,23-27,29,38H,5-11,13,15-19,21-22,45H2,1H3,(H,47,60)(H,49,58,59)/t24?,25-,26-,27?,29?/m1/s1. The molecule has 4 aliphatic rings. The number of halogens is 3. The molecule has 3 saturated heterocycles. The minimum absolute atomic E-state index is 0.0524. The Morgan fingerprint density at radius 2 is 1.82 bits per heavy atom. The molecule has 60 heavy (non-hydrogen) atoms. The zero-order chi connectivity index (χ0) is 41.7. The molecule has 0 spiro atoms. The highest BCUT2D eigenvalue weighted by atomic mass is 19.3. The first kappa shape index (κ1) is 39.9. The summed E-state index contributed by atoms with van der Waals surface area (Å²) in [4.78, 5) is 49.1. The van der Waals surface area contributed by atoms with Gasteiger partial charge in [0.1, 0.15) is 17.6 Å². The number of carbonyl (C=O) groups is 3. The van der Waals surface area contributed by atoms with Gasteiger partial charge in [-0.1, -0.05) is 12.1 Å². The third-order valence-corrected chi connectivity index (χ3v) is 12.8. The highest BCUT2D eigenvalue weighted by Crippen LogP contribution is 2.38. The topological polar surface area (TPSA) is 177 Å². The van der Waals surface area contributed by atoms with Crippen LogP contribution in [0.2, 0.25) is 0 Å². The minimum atomic E-state index is -2.89. The number of aromatic nitrogens is 7. The Kier molecular flexibility index (Phi) is 11.0. The number of imide groups is 1. The van der Waals surface area contributed by atoms with Crippen LogP contribution in [-0.2, 0) is 16.6 Å². The number of hydrogen-bond acceptors (Lipinski definition) is 11. The van der Waals surface area contributed by atoms with Crippen LogP contribution < -0.4 is 26.2 Å². The van der Waals surface area contributed by atoms with E-state index in [0.29, 0.717) is 36.8 Å². The first-order valence-corrected chi connectivity index (χ1v) is 20.9. The summed E-state index contributed by atoms with van der Waals surface area (Å²) in [5.74, 6) is -0.651. The molecule has 1 saturated carbocycles. The van der Waals surface area contributed by atoms with Crippen molar-refractivity contribution in [3.8, 4) is 0 Å². The van der Waals surface area contributed by atoms with Crippen LogP contribution in [0.15, 0.2) is 42.9 Å². The number of rotatable bonds is 10. The van der Waals surface area contributed by atoms with E-state index in [1.807, 2.05) is 23.9 Å². The van der Waals surface area contributed by atoms with Crippen LogP contribution in [0.5, 0.6) is 0 Å². The fourth-order valence-corrected chi connectivity index (χ4v) is 9.58. The maximum atomic E-state index is 14.3. The number of nitrogens with two attached hydrogens (primary N) is 1. The number of para-hydroxylation sites is 1. The lowest BCUT2D eigenvalue weighted by Crippen LogP contribution is -2.48. The fourth-order valence-electron chi connectivity index (χ4n) is 9.58. The second kappa shape index (κ2) is 16.5. The average molecular weight is 830 g/mol. The van der Waals surface area contributed by atoms with Crippen molar-refractivity contribution < 1.29 is 27.6 Å². The Labute approximate surface area is 344 Å². The van der Waals surface area contributed by atoms with Gasteiger partial charge in [-0.2, -0.15) is 15.3 Å². The van der Waals surface area contributed by atoms with Crippen molar-refractivity contribution in [2.75, 3.05) is 60.9 Å². The van der Waals surface area contributed by atoms with Gasteiger partial charge in [0.25, 0.3) is 12.3 Å². The summed E-state index contributed by atoms with van der Waals surface area (Å²) >= 11 is 0. The number of aryl methyl sites for hydroxylation is 1. The van der Waals surface area contributed by atoms with E-state index in [-0.39, 0.29) is 53.8 Å². The van der Waals surface area contributed by atoms with Gasteiger partial charge in [-0.05, 0) is 69.5 Å². The lowest BCUT2D eigenvalue weighted by molar-refractivity contribution is -0.134. The zero-order valence-corrected chi connectivity index (χ0v) is 33.5. The van der Waals surface area contributed by atoms with Crippen LogP contribution in [-0.4, -0.2) is 115 Å². The van der Waals surface area contributed by atoms with Crippen LogP contribution in [0.25, 0.3) is 16.6 Å². The van der Waals surface area contributed by atoms with Gasteiger partial charge in [0.15, 0.2) is 11.3 Å². The maximum Gasteiger partial charge on any atom is 0.284 e. The molecule has 4 aromatic heterocycles. The number of carbonyl (C=O) groups excluding carboxylic acids is 3. The van der Waals surface area contributed by atoms with E-state index in [0.717, 1.165) is 81.4 Å². The quantitative estimate of drug-likeness (QED) is 0.171. The van der Waals surface area contributed by atoms with Gasteiger partial charge in [-0.25, -0.2) is 22.7 Å². The molecular weight excluding hydrogens is 780 g/mol. The number of fused-ring (bicyclic) bond motifs is 2. The van der Waals surface area contributed by atoms with Gasteiger partial charge in [0, 0.05) is 70.0 Å². The molecule has 16 nitrogen and oxygen atoms in total. The van der Waals surface area contributed by atoms with Gasteiger partial charge in [0.2, 0.25) is 11.8 Å². The van der Waals surface area contributed by atoms with E-state index in [4.69, 9.17) is 10.8 Å². The van der Waals surface area contributed by atoms with Crippen LogP contribution in [0.1, 0.15) is 91.5 Å². The van der Waals surface area contributed by atoms with Crippen molar-refractivity contribution in [2.45, 2.75) is 82.0 Å². The van der Waals surface area contributed by atoms with Crippen molar-refractivity contribution in [3.63, 3.8) is 0 Å². The van der Waals surface area contributed by atoms with E-state index < -0.39 is 30.1 Å². The third-order valence-electron chi connectivity index (χ3n) is 12.8. The largest absolute Gasteiger partial charge is 0.367 e. The Morgan fingerprint density at radius 1 is 1.02 bits per heavy atom. The van der Waals surface area contributed by atoms with E-state index in [9.17, 15) is 27.6 Å². The molecule has 4 N–H and O–H groups in total. The van der Waals surface area contributed by atoms with Crippen molar-refractivity contribution >= 4 is 51.5 Å². The molecule has 3 atom stereocenters. The summed E-state index contributed by atoms with van der Waals surface area (Å²) in [5.41, 5.74) is 8.60. The lowest BCUT2D eigenvalue weighted by atomic mass is 9.84. The van der Waals surface area contributed by atoms with Crippen LogP contribution >= 0.6 is 0 Å². The summed E-state index contributed by atoms with van der Waals surface area (Å²) in [6, 6.07) is 7.40. The summed E-state index contributed by atoms with van der Waals surface area (Å²) in [7, 11) is 1.91. The number of nitrogens with one attached hydrogen (secondary N) is 2. The molecule has 1 aromatic carbocycles. The molecule has 19 heteroatoms. The monoisotopic (exact) mass is 829 g/mol. The number of anilines is 3. The summed E-state index contributed by atoms with van der Waals surface area (Å²) < 4.78 is 47.7. The van der Waals surface area contributed by atoms with Crippen molar-refractivity contribution in [2.24, 2.45) is 18.7 Å². The van der Waals surface area contributed by atoms with Gasteiger partial charge in [0.05, 0.1) is 47.3 Å². The molecule has 0 radical (unpaired) electrons. The lowest BCUT2D eigenvalue weighted by Gasteiger charge is -2.37. The van der Waals surface area contributed by atoms with Crippen molar-refractivity contribution in [3.05, 3.63) is 59.8 Å². The van der Waals surface area contributed by atoms with Gasteiger partial charge >= 0.3 is 0 Å². The smallest absolute Gasteiger partial charge is 0.284 e. The number of piperidine rings is 2. The molecule has 4 fully saturated rings. The molecule has 0 bridgehead atoms. The molecule has 1 unspecified atom stereocenters. The highest BCUT2D eigenvalue weighted by molar-refractivity contribution is 6.08. The van der Waals surface area contributed by atoms with Crippen LogP contribution in [0.4, 0.5) is 30.4 Å². The van der Waals surface area contributed by atoms with Crippen LogP contribution in [0.3, 0.4) is 0 Å². The second-order valence-electron chi connectivity index (χ2n) is 16.8. The molecule has 1 aliphatic carbocycles. The Bertz CT molecular complexity index is 2390. The Balaban J connectivity index is 0.781. The predicted octanol–water partition coefficient (Wildman–Crippen LogP) is 4.34. The zero-order valence-electron chi connectivity index (χ0n) is 33.5. The van der Waals surface area contributed by atoms with E-state index in [2.05, 4.69) is 41.7 Å². The second-order valence-corrected chi connectivity index (χ2v) is 16.8. The number of hydrogen-bond donors (Lipinski definition) is 3. The number of benzene rings is 1. The summed E-state index contributed by atoms with van der Waals surface area (Å²) in [6.07, 6.45) is 6.06. The molecule has 5 aromatic rings. The molecule has 3 amide bonds. The number of nitrogens with zero attached hydrogens (tertiary/aromatic N) is 10. The number of piperazine rings is 1. The van der Waals surface area contributed by atoms with E-state index in [1.165, 1.54) is 16.9 Å². The minimum Gasteiger partial charge on any atom is -0.367 e. The van der Waals surface area contributed by atoms with Gasteiger partial charge in [-0.15, -0.1) is 0 Å². The maximum absolute atomic E-state index is 14.3. The molecule has 318 valence electrons. The average Bonchev–Trinajstić information content (AvgIpc) is 3.95. The first-order valence-electron chi connectivity index (χ1n) is 20.9. The molecule has 7 heterocycles.